The molecule has 1 aromatic rings. The van der Waals surface area contributed by atoms with Crippen molar-refractivity contribution in [3.8, 4) is 0 Å². The van der Waals surface area contributed by atoms with E-state index in [1.54, 1.807) is 0 Å². The lowest BCUT2D eigenvalue weighted by Gasteiger charge is -2.39. The van der Waals surface area contributed by atoms with Crippen LogP contribution in [0.5, 0.6) is 0 Å². The molecule has 1 aliphatic carbocycles. The van der Waals surface area contributed by atoms with E-state index in [0.717, 1.165) is 45.6 Å². The van der Waals surface area contributed by atoms with Gasteiger partial charge in [0.1, 0.15) is 5.82 Å². The number of rotatable bonds is 4. The zero-order chi connectivity index (χ0) is 15.9. The van der Waals surface area contributed by atoms with Gasteiger partial charge in [0.15, 0.2) is 9.84 Å². The van der Waals surface area contributed by atoms with Crippen molar-refractivity contribution in [2.45, 2.75) is 44.3 Å². The van der Waals surface area contributed by atoms with E-state index in [4.69, 9.17) is 0 Å². The van der Waals surface area contributed by atoms with Gasteiger partial charge in [-0.1, -0.05) is 0 Å². The van der Waals surface area contributed by atoms with Crippen LogP contribution in [0.1, 0.15) is 37.5 Å². The molecule has 3 fully saturated rings. The first-order valence-electron chi connectivity index (χ1n) is 8.79. The second-order valence-corrected chi connectivity index (χ2v) is 9.48. The third-order valence-corrected chi connectivity index (χ3v) is 7.12. The standard InChI is InChI=1S/C16H26N4O2S/c21-23(22)11-9-19(10-12-23)14-3-6-18(7-4-14)13-16-17-5-8-20(16)15-1-2-15/h5,8,14-15H,1-4,6-7,9-13H2. The molecule has 3 aliphatic rings. The highest BCUT2D eigenvalue weighted by Gasteiger charge is 2.30. The summed E-state index contributed by atoms with van der Waals surface area (Å²) in [4.78, 5) is 9.43. The Hall–Kier alpha value is -0.920. The van der Waals surface area contributed by atoms with Crippen molar-refractivity contribution in [2.75, 3.05) is 37.7 Å². The summed E-state index contributed by atoms with van der Waals surface area (Å²) in [6.45, 7) is 4.57. The lowest BCUT2D eigenvalue weighted by Crippen LogP contribution is -2.50. The van der Waals surface area contributed by atoms with Crippen LogP contribution < -0.4 is 0 Å². The van der Waals surface area contributed by atoms with Crippen molar-refractivity contribution in [1.29, 1.82) is 0 Å². The van der Waals surface area contributed by atoms with Gasteiger partial charge in [-0.15, -0.1) is 0 Å². The molecule has 0 bridgehead atoms. The number of hydrogen-bond donors (Lipinski definition) is 0. The van der Waals surface area contributed by atoms with Crippen molar-refractivity contribution < 1.29 is 8.42 Å². The van der Waals surface area contributed by atoms with Gasteiger partial charge in [-0.3, -0.25) is 9.80 Å². The average molecular weight is 338 g/mol. The van der Waals surface area contributed by atoms with E-state index >= 15 is 0 Å². The molecular weight excluding hydrogens is 312 g/mol. The summed E-state index contributed by atoms with van der Waals surface area (Å²) in [5.74, 6) is 1.88. The molecule has 128 valence electrons. The summed E-state index contributed by atoms with van der Waals surface area (Å²) in [6.07, 6.45) is 8.92. The van der Waals surface area contributed by atoms with Crippen LogP contribution in [-0.2, 0) is 16.4 Å². The number of imidazole rings is 1. The monoisotopic (exact) mass is 338 g/mol. The van der Waals surface area contributed by atoms with Crippen LogP contribution in [0.25, 0.3) is 0 Å². The van der Waals surface area contributed by atoms with E-state index in [0.29, 0.717) is 23.6 Å². The van der Waals surface area contributed by atoms with Crippen LogP contribution in [0.3, 0.4) is 0 Å². The largest absolute Gasteiger partial charge is 0.331 e. The van der Waals surface area contributed by atoms with Crippen molar-refractivity contribution >= 4 is 9.84 Å². The van der Waals surface area contributed by atoms with E-state index in [9.17, 15) is 8.42 Å². The smallest absolute Gasteiger partial charge is 0.152 e. The molecule has 4 rings (SSSR count). The summed E-state index contributed by atoms with van der Waals surface area (Å²) in [5.41, 5.74) is 0. The van der Waals surface area contributed by atoms with Gasteiger partial charge in [0.05, 0.1) is 18.1 Å². The zero-order valence-corrected chi connectivity index (χ0v) is 14.4. The molecule has 0 amide bonds. The molecule has 0 unspecified atom stereocenters. The number of nitrogens with zero attached hydrogens (tertiary/aromatic N) is 4. The number of piperidine rings is 1. The molecule has 0 spiro atoms. The Labute approximate surface area is 138 Å². The number of aromatic nitrogens is 2. The third kappa shape index (κ3) is 3.61. The first-order valence-corrected chi connectivity index (χ1v) is 10.6. The summed E-state index contributed by atoms with van der Waals surface area (Å²) < 4.78 is 25.5. The van der Waals surface area contributed by atoms with Gasteiger partial charge < -0.3 is 4.57 Å². The highest BCUT2D eigenvalue weighted by molar-refractivity contribution is 7.91. The van der Waals surface area contributed by atoms with Gasteiger partial charge in [0, 0.05) is 50.7 Å². The maximum Gasteiger partial charge on any atom is 0.152 e. The summed E-state index contributed by atoms with van der Waals surface area (Å²) in [5, 5.41) is 0. The summed E-state index contributed by atoms with van der Waals surface area (Å²) >= 11 is 0. The number of likely N-dealkylation sites (tertiary alicyclic amines) is 1. The first-order chi connectivity index (χ1) is 11.1. The van der Waals surface area contributed by atoms with Crippen LogP contribution >= 0.6 is 0 Å². The second-order valence-electron chi connectivity index (χ2n) is 7.18. The maximum atomic E-state index is 11.6. The lowest BCUT2D eigenvalue weighted by atomic mass is 10.0. The van der Waals surface area contributed by atoms with Gasteiger partial charge in [0.2, 0.25) is 0 Å². The molecule has 2 aliphatic heterocycles. The van der Waals surface area contributed by atoms with E-state index < -0.39 is 9.84 Å². The van der Waals surface area contributed by atoms with Gasteiger partial charge in [0.25, 0.3) is 0 Å². The minimum absolute atomic E-state index is 0.339. The Morgan fingerprint density at radius 1 is 1.00 bits per heavy atom. The van der Waals surface area contributed by atoms with E-state index in [-0.39, 0.29) is 0 Å². The summed E-state index contributed by atoms with van der Waals surface area (Å²) in [6, 6.07) is 1.25. The van der Waals surface area contributed by atoms with Crippen molar-refractivity contribution in [1.82, 2.24) is 19.4 Å². The van der Waals surface area contributed by atoms with Crippen molar-refractivity contribution in [3.05, 3.63) is 18.2 Å². The Balaban J connectivity index is 1.28. The molecule has 0 radical (unpaired) electrons. The van der Waals surface area contributed by atoms with E-state index in [1.165, 1.54) is 18.7 Å². The molecule has 7 heteroatoms. The van der Waals surface area contributed by atoms with Crippen molar-refractivity contribution in [2.24, 2.45) is 0 Å². The lowest BCUT2D eigenvalue weighted by molar-refractivity contribution is 0.109. The van der Waals surface area contributed by atoms with E-state index in [2.05, 4.69) is 25.5 Å². The molecule has 3 heterocycles. The molecular formula is C16H26N4O2S. The minimum atomic E-state index is -2.77. The van der Waals surface area contributed by atoms with Gasteiger partial charge >= 0.3 is 0 Å². The Morgan fingerprint density at radius 2 is 1.70 bits per heavy atom. The topological polar surface area (TPSA) is 58.4 Å². The average Bonchev–Trinajstić information content (AvgIpc) is 3.28. The Bertz CT molecular complexity index is 631. The quantitative estimate of drug-likeness (QED) is 0.817. The molecule has 0 aromatic carbocycles. The molecule has 23 heavy (non-hydrogen) atoms. The summed E-state index contributed by atoms with van der Waals surface area (Å²) in [7, 11) is -2.77. The Morgan fingerprint density at radius 3 is 2.35 bits per heavy atom. The Kier molecular flexibility index (Phi) is 4.19. The normalized spacial score (nSPS) is 27.3. The van der Waals surface area contributed by atoms with Gasteiger partial charge in [-0.25, -0.2) is 13.4 Å². The zero-order valence-electron chi connectivity index (χ0n) is 13.6. The fourth-order valence-corrected chi connectivity index (χ4v) is 5.12. The SMILES string of the molecule is O=S1(=O)CCN(C2CCN(Cc3nccn3C3CC3)CC2)CC1. The van der Waals surface area contributed by atoms with Gasteiger partial charge in [-0.05, 0) is 25.7 Å². The highest BCUT2D eigenvalue weighted by atomic mass is 32.2. The fraction of sp³-hybridized carbons (Fsp3) is 0.812. The third-order valence-electron chi connectivity index (χ3n) is 5.51. The van der Waals surface area contributed by atoms with Crippen LogP contribution in [0, 0.1) is 0 Å². The predicted octanol–water partition coefficient (Wildman–Crippen LogP) is 0.913. The van der Waals surface area contributed by atoms with Crippen LogP contribution in [0.4, 0.5) is 0 Å². The van der Waals surface area contributed by atoms with Crippen LogP contribution in [0.2, 0.25) is 0 Å². The predicted molar refractivity (Wildman–Crippen MR) is 89.0 cm³/mol. The number of hydrogen-bond acceptors (Lipinski definition) is 5. The van der Waals surface area contributed by atoms with Crippen LogP contribution in [0.15, 0.2) is 12.4 Å². The molecule has 6 nitrogen and oxygen atoms in total. The molecule has 1 saturated carbocycles. The second kappa shape index (κ2) is 6.18. The van der Waals surface area contributed by atoms with E-state index in [1.807, 2.05) is 6.20 Å². The minimum Gasteiger partial charge on any atom is -0.331 e. The van der Waals surface area contributed by atoms with Crippen molar-refractivity contribution in [3.63, 3.8) is 0 Å². The maximum absolute atomic E-state index is 11.6. The fourth-order valence-electron chi connectivity index (χ4n) is 3.89. The molecule has 2 saturated heterocycles. The molecule has 1 aromatic heterocycles. The number of sulfone groups is 1. The molecule has 0 atom stereocenters. The van der Waals surface area contributed by atoms with Gasteiger partial charge in [-0.2, -0.15) is 0 Å². The highest BCUT2D eigenvalue weighted by Crippen LogP contribution is 2.35. The first kappa shape index (κ1) is 15.6. The molecule has 0 N–H and O–H groups in total. The van der Waals surface area contributed by atoms with Crippen LogP contribution in [-0.4, -0.2) is 71.5 Å².